The lowest BCUT2D eigenvalue weighted by molar-refractivity contribution is -0.139. The highest BCUT2D eigenvalue weighted by atomic mass is 19.1. The van der Waals surface area contributed by atoms with Gasteiger partial charge in [-0.05, 0) is 42.3 Å². The molecule has 0 bridgehead atoms. The predicted octanol–water partition coefficient (Wildman–Crippen LogP) is 2.77. The molecule has 36 heavy (non-hydrogen) atoms. The summed E-state index contributed by atoms with van der Waals surface area (Å²) in [4.78, 5) is 45.3. The van der Waals surface area contributed by atoms with Crippen LogP contribution < -0.4 is 21.3 Å². The van der Waals surface area contributed by atoms with Gasteiger partial charge >= 0.3 is 24.0 Å². The molecule has 4 amide bonds. The zero-order chi connectivity index (χ0) is 26.2. The number of nitrogens with one attached hydrogen (secondary N) is 4. The predicted molar refractivity (Wildman–Crippen MR) is 122 cm³/mol. The summed E-state index contributed by atoms with van der Waals surface area (Å²) in [5.41, 5.74) is 1.38. The van der Waals surface area contributed by atoms with E-state index in [1.165, 1.54) is 54.7 Å². The Kier molecular flexibility index (Phi) is 8.34. The summed E-state index contributed by atoms with van der Waals surface area (Å²) in [5, 5.41) is 18.7. The molecule has 2 atom stereocenters. The molecule has 2 heterocycles. The maximum atomic E-state index is 12.9. The molecule has 2 unspecified atom stereocenters. The number of benzene rings is 2. The van der Waals surface area contributed by atoms with Crippen molar-refractivity contribution in [2.75, 3.05) is 6.61 Å². The second kappa shape index (κ2) is 11.6. The lowest BCUT2D eigenvalue weighted by atomic mass is 9.98. The SMILES string of the molecule is CCOC(=O)C1=CNC(=O)NC1c1ccc(F)cc1.O=C1NC=C(C(=O)O)C(c2ccc(F)cc2)N1. The number of halogens is 2. The van der Waals surface area contributed by atoms with Gasteiger partial charge in [-0.25, -0.2) is 28.0 Å². The van der Waals surface area contributed by atoms with Crippen LogP contribution in [0.5, 0.6) is 0 Å². The Labute approximate surface area is 204 Å². The van der Waals surface area contributed by atoms with Crippen molar-refractivity contribution in [3.8, 4) is 0 Å². The van der Waals surface area contributed by atoms with E-state index in [9.17, 15) is 28.0 Å². The van der Waals surface area contributed by atoms with Crippen LogP contribution in [0, 0.1) is 11.6 Å². The zero-order valence-electron chi connectivity index (χ0n) is 18.9. The lowest BCUT2D eigenvalue weighted by Crippen LogP contribution is -2.42. The van der Waals surface area contributed by atoms with Crippen molar-refractivity contribution in [3.63, 3.8) is 0 Å². The number of ether oxygens (including phenoxy) is 1. The number of carboxylic acids is 1. The van der Waals surface area contributed by atoms with E-state index in [4.69, 9.17) is 9.84 Å². The molecule has 2 aromatic rings. The summed E-state index contributed by atoms with van der Waals surface area (Å²) >= 11 is 0. The van der Waals surface area contributed by atoms with Gasteiger partial charge in [0.1, 0.15) is 11.6 Å². The first-order chi connectivity index (χ1) is 17.2. The van der Waals surface area contributed by atoms with Gasteiger partial charge in [0.15, 0.2) is 0 Å². The van der Waals surface area contributed by atoms with Crippen LogP contribution in [-0.2, 0) is 14.3 Å². The number of hydrogen-bond acceptors (Lipinski definition) is 5. The Bertz CT molecular complexity index is 1210. The molecule has 0 spiro atoms. The van der Waals surface area contributed by atoms with E-state index in [0.717, 1.165) is 6.20 Å². The molecule has 2 aromatic carbocycles. The molecule has 2 aliphatic heterocycles. The highest BCUT2D eigenvalue weighted by Crippen LogP contribution is 2.25. The standard InChI is InChI=1S/C13H13FN2O3.C11H9FN2O3/c1-2-19-12(17)10-7-15-13(18)16-11(10)8-3-5-9(14)6-4-8;12-7-3-1-6(2-4-7)9-8(10(15)16)5-13-11(17)14-9/h3-7,11H,2H2,1H3,(H2,15,16,18);1-5,9H,(H,15,16)(H2,13,14,17). The molecule has 0 saturated heterocycles. The summed E-state index contributed by atoms with van der Waals surface area (Å²) in [6, 6.07) is 8.51. The van der Waals surface area contributed by atoms with E-state index in [2.05, 4.69) is 21.3 Å². The molecule has 188 valence electrons. The monoisotopic (exact) mass is 500 g/mol. The average Bonchev–Trinajstić information content (AvgIpc) is 2.85. The van der Waals surface area contributed by atoms with Crippen molar-refractivity contribution in [2.45, 2.75) is 19.0 Å². The second-order valence-electron chi connectivity index (χ2n) is 7.43. The molecule has 2 aliphatic rings. The van der Waals surface area contributed by atoms with Gasteiger partial charge in [-0.1, -0.05) is 24.3 Å². The summed E-state index contributed by atoms with van der Waals surface area (Å²) in [5.74, 6) is -2.48. The van der Waals surface area contributed by atoms with Gasteiger partial charge in [0.05, 0.1) is 29.8 Å². The zero-order valence-corrected chi connectivity index (χ0v) is 18.9. The molecular formula is C24H22F2N4O6. The van der Waals surface area contributed by atoms with Crippen LogP contribution in [0.4, 0.5) is 18.4 Å². The fourth-order valence-corrected chi connectivity index (χ4v) is 3.37. The van der Waals surface area contributed by atoms with Crippen LogP contribution in [0.25, 0.3) is 0 Å². The third-order valence-corrected chi connectivity index (χ3v) is 5.06. The van der Waals surface area contributed by atoms with E-state index in [-0.39, 0.29) is 23.6 Å². The van der Waals surface area contributed by atoms with Crippen LogP contribution in [-0.4, -0.2) is 35.7 Å². The Balaban J connectivity index is 0.000000202. The minimum atomic E-state index is -1.15. The number of amides is 4. The van der Waals surface area contributed by atoms with E-state index in [1.54, 1.807) is 6.92 Å². The Morgan fingerprint density at radius 3 is 1.64 bits per heavy atom. The van der Waals surface area contributed by atoms with Gasteiger partial charge in [0, 0.05) is 12.4 Å². The van der Waals surface area contributed by atoms with Crippen molar-refractivity contribution in [2.24, 2.45) is 0 Å². The number of urea groups is 2. The molecular weight excluding hydrogens is 478 g/mol. The van der Waals surface area contributed by atoms with Crippen molar-refractivity contribution in [1.82, 2.24) is 21.3 Å². The summed E-state index contributed by atoms with van der Waals surface area (Å²) in [6.07, 6.45) is 2.44. The van der Waals surface area contributed by atoms with Crippen LogP contribution in [0.15, 0.2) is 72.1 Å². The molecule has 0 fully saturated rings. The van der Waals surface area contributed by atoms with Crippen molar-refractivity contribution in [1.29, 1.82) is 0 Å². The summed E-state index contributed by atoms with van der Waals surface area (Å²) in [6.45, 7) is 1.93. The van der Waals surface area contributed by atoms with Gasteiger partial charge in [-0.15, -0.1) is 0 Å². The van der Waals surface area contributed by atoms with Crippen molar-refractivity contribution >= 4 is 24.0 Å². The Hall–Kier alpha value is -4.74. The van der Waals surface area contributed by atoms with Gasteiger partial charge in [-0.2, -0.15) is 0 Å². The number of hydrogen-bond donors (Lipinski definition) is 5. The maximum Gasteiger partial charge on any atom is 0.337 e. The fourth-order valence-electron chi connectivity index (χ4n) is 3.37. The number of carboxylic acid groups (broad SMARTS) is 1. The molecule has 0 radical (unpaired) electrons. The van der Waals surface area contributed by atoms with Gasteiger partial charge in [-0.3, -0.25) is 0 Å². The number of aliphatic carboxylic acids is 1. The Morgan fingerprint density at radius 2 is 1.22 bits per heavy atom. The molecule has 0 saturated carbocycles. The van der Waals surface area contributed by atoms with E-state index >= 15 is 0 Å². The quantitative estimate of drug-likeness (QED) is 0.399. The number of carbonyl (C=O) groups excluding carboxylic acids is 3. The molecule has 12 heteroatoms. The largest absolute Gasteiger partial charge is 0.478 e. The van der Waals surface area contributed by atoms with Gasteiger partial charge in [0.2, 0.25) is 0 Å². The lowest BCUT2D eigenvalue weighted by Gasteiger charge is -2.25. The number of carbonyl (C=O) groups is 4. The molecule has 0 aliphatic carbocycles. The normalized spacial score (nSPS) is 18.5. The van der Waals surface area contributed by atoms with Crippen LogP contribution in [0.2, 0.25) is 0 Å². The third kappa shape index (κ3) is 6.44. The number of rotatable bonds is 5. The average molecular weight is 500 g/mol. The molecule has 10 nitrogen and oxygen atoms in total. The van der Waals surface area contributed by atoms with Crippen LogP contribution >= 0.6 is 0 Å². The summed E-state index contributed by atoms with van der Waals surface area (Å²) in [7, 11) is 0. The van der Waals surface area contributed by atoms with Crippen molar-refractivity contribution < 1.29 is 37.8 Å². The minimum absolute atomic E-state index is 0.00351. The number of esters is 1. The first kappa shape index (κ1) is 25.9. The van der Waals surface area contributed by atoms with Gasteiger partial charge < -0.3 is 31.1 Å². The molecule has 4 rings (SSSR count). The highest BCUT2D eigenvalue weighted by Gasteiger charge is 2.29. The third-order valence-electron chi connectivity index (χ3n) is 5.06. The first-order valence-corrected chi connectivity index (χ1v) is 10.6. The van der Waals surface area contributed by atoms with E-state index in [0.29, 0.717) is 11.1 Å². The van der Waals surface area contributed by atoms with E-state index in [1.807, 2.05) is 0 Å². The van der Waals surface area contributed by atoms with E-state index < -0.39 is 41.9 Å². The van der Waals surface area contributed by atoms with Crippen molar-refractivity contribution in [3.05, 3.63) is 94.8 Å². The molecule has 0 aromatic heterocycles. The maximum absolute atomic E-state index is 12.9. The van der Waals surface area contributed by atoms with Crippen LogP contribution in [0.3, 0.4) is 0 Å². The first-order valence-electron chi connectivity index (χ1n) is 10.6. The molecule has 5 N–H and O–H groups in total. The summed E-state index contributed by atoms with van der Waals surface area (Å²) < 4.78 is 30.6. The smallest absolute Gasteiger partial charge is 0.337 e. The fraction of sp³-hybridized carbons (Fsp3) is 0.167. The Morgan fingerprint density at radius 1 is 0.806 bits per heavy atom. The topological polar surface area (TPSA) is 146 Å². The van der Waals surface area contributed by atoms with Gasteiger partial charge in [0.25, 0.3) is 0 Å². The van der Waals surface area contributed by atoms with Crippen LogP contribution in [0.1, 0.15) is 30.1 Å². The second-order valence-corrected chi connectivity index (χ2v) is 7.43. The minimum Gasteiger partial charge on any atom is -0.478 e. The highest BCUT2D eigenvalue weighted by molar-refractivity contribution is 5.94.